The summed E-state index contributed by atoms with van der Waals surface area (Å²) < 4.78 is 13.7. The van der Waals surface area contributed by atoms with Crippen LogP contribution in [-0.2, 0) is 6.54 Å². The van der Waals surface area contributed by atoms with E-state index >= 15 is 0 Å². The van der Waals surface area contributed by atoms with E-state index in [1.54, 1.807) is 0 Å². The van der Waals surface area contributed by atoms with Crippen molar-refractivity contribution in [2.24, 2.45) is 0 Å². The fourth-order valence-corrected chi connectivity index (χ4v) is 3.29. The topological polar surface area (TPSA) is 56.0 Å². The number of nitrogens with one attached hydrogen (secondary N) is 1. The lowest BCUT2D eigenvalue weighted by Gasteiger charge is -2.08. The molecule has 4 rings (SSSR count). The second kappa shape index (κ2) is 6.72. The van der Waals surface area contributed by atoms with Gasteiger partial charge in [0.25, 0.3) is 4.84 Å². The van der Waals surface area contributed by atoms with Crippen LogP contribution in [0.2, 0.25) is 0 Å². The Balaban J connectivity index is 1.89. The number of fused-ring (bicyclic) bond motifs is 3. The van der Waals surface area contributed by atoms with Crippen molar-refractivity contribution in [3.05, 3.63) is 53.2 Å². The molecule has 0 radical (unpaired) electrons. The maximum Gasteiger partial charge on any atom is 0.284 e. The molecule has 0 atom stereocenters. The summed E-state index contributed by atoms with van der Waals surface area (Å²) in [7, 11) is 0. The zero-order valence-electron chi connectivity index (χ0n) is 14.0. The van der Waals surface area contributed by atoms with E-state index in [-0.39, 0.29) is 0 Å². The van der Waals surface area contributed by atoms with Gasteiger partial charge in [-0.2, -0.15) is 0 Å². The van der Waals surface area contributed by atoms with Gasteiger partial charge in [-0.1, -0.05) is 37.6 Å². The van der Waals surface area contributed by atoms with Crippen molar-refractivity contribution < 1.29 is 9.15 Å². The van der Waals surface area contributed by atoms with Crippen LogP contribution in [0, 0.1) is 4.84 Å². The number of aromatic nitrogens is 3. The van der Waals surface area contributed by atoms with Gasteiger partial charge in [0.15, 0.2) is 0 Å². The van der Waals surface area contributed by atoms with E-state index in [0.29, 0.717) is 17.3 Å². The lowest BCUT2D eigenvalue weighted by atomic mass is 10.1. The molecule has 0 fully saturated rings. The van der Waals surface area contributed by atoms with Crippen molar-refractivity contribution in [3.8, 4) is 5.75 Å². The second-order valence-corrected chi connectivity index (χ2v) is 6.33. The molecule has 6 heteroatoms. The van der Waals surface area contributed by atoms with Crippen LogP contribution in [0.15, 0.2) is 46.9 Å². The smallest absolute Gasteiger partial charge is 0.284 e. The fourth-order valence-electron chi connectivity index (χ4n) is 3.15. The minimum Gasteiger partial charge on any atom is -0.493 e. The summed E-state index contributed by atoms with van der Waals surface area (Å²) in [5.41, 5.74) is 2.22. The molecule has 0 amide bonds. The van der Waals surface area contributed by atoms with Gasteiger partial charge in [-0.05, 0) is 36.8 Å². The number of unbranched alkanes of at least 4 members (excludes halogenated alkanes) is 1. The molecule has 0 bridgehead atoms. The largest absolute Gasteiger partial charge is 0.493 e. The Morgan fingerprint density at radius 3 is 2.80 bits per heavy atom. The van der Waals surface area contributed by atoms with E-state index < -0.39 is 0 Å². The minimum atomic E-state index is 0.291. The third-order valence-corrected chi connectivity index (χ3v) is 4.47. The van der Waals surface area contributed by atoms with E-state index in [4.69, 9.17) is 21.4 Å². The molecule has 5 nitrogen and oxygen atoms in total. The van der Waals surface area contributed by atoms with Crippen LogP contribution in [0.5, 0.6) is 5.75 Å². The molecule has 128 valence electrons. The molecule has 0 aliphatic rings. The molecule has 2 aromatic carbocycles. The molecule has 0 saturated carbocycles. The van der Waals surface area contributed by atoms with Gasteiger partial charge in [-0.25, -0.2) is 5.10 Å². The number of aromatic amines is 1. The van der Waals surface area contributed by atoms with Crippen LogP contribution >= 0.6 is 12.2 Å². The maximum atomic E-state index is 6.06. The number of nitrogens with zero attached hydrogens (tertiary/aromatic N) is 2. The Hall–Kier alpha value is -2.60. The first-order valence-corrected chi connectivity index (χ1v) is 8.86. The Labute approximate surface area is 150 Å². The van der Waals surface area contributed by atoms with Crippen molar-refractivity contribution in [2.45, 2.75) is 26.3 Å². The summed E-state index contributed by atoms with van der Waals surface area (Å²) in [5.74, 6) is 1.48. The van der Waals surface area contributed by atoms with Crippen LogP contribution in [0.4, 0.5) is 0 Å². The molecule has 0 spiro atoms. The second-order valence-electron chi connectivity index (χ2n) is 5.96. The van der Waals surface area contributed by atoms with Crippen LogP contribution in [-0.4, -0.2) is 21.4 Å². The molecule has 25 heavy (non-hydrogen) atoms. The Kier molecular flexibility index (Phi) is 4.28. The highest BCUT2D eigenvalue weighted by molar-refractivity contribution is 7.71. The minimum absolute atomic E-state index is 0.291. The number of ether oxygens (including phenoxy) is 1. The van der Waals surface area contributed by atoms with Crippen molar-refractivity contribution in [1.29, 1.82) is 0 Å². The maximum absolute atomic E-state index is 6.06. The van der Waals surface area contributed by atoms with E-state index in [0.717, 1.165) is 41.6 Å². The molecule has 1 N–H and O–H groups in total. The van der Waals surface area contributed by atoms with E-state index in [1.807, 2.05) is 18.2 Å². The zero-order chi connectivity index (χ0) is 17.2. The van der Waals surface area contributed by atoms with Gasteiger partial charge in [0, 0.05) is 16.3 Å². The molecule has 2 heterocycles. The Morgan fingerprint density at radius 2 is 2.00 bits per heavy atom. The third-order valence-electron chi connectivity index (χ3n) is 4.29. The Bertz CT molecular complexity index is 1080. The first kappa shape index (κ1) is 15.9. The van der Waals surface area contributed by atoms with E-state index in [9.17, 15) is 0 Å². The molecule has 0 aliphatic heterocycles. The summed E-state index contributed by atoms with van der Waals surface area (Å²) in [5, 5.41) is 9.12. The SMILES string of the molecule is CCCCOc1cccc2c1c1ccccc1n2Cc1n[nH]c(=S)o1. The third kappa shape index (κ3) is 2.93. The summed E-state index contributed by atoms with van der Waals surface area (Å²) in [6.07, 6.45) is 2.16. The predicted molar refractivity (Wildman–Crippen MR) is 101 cm³/mol. The van der Waals surface area contributed by atoms with Gasteiger partial charge in [0.05, 0.1) is 12.1 Å². The van der Waals surface area contributed by atoms with Crippen LogP contribution < -0.4 is 4.74 Å². The lowest BCUT2D eigenvalue weighted by molar-refractivity contribution is 0.313. The van der Waals surface area contributed by atoms with Gasteiger partial charge in [0.2, 0.25) is 5.89 Å². The summed E-state index contributed by atoms with van der Waals surface area (Å²) >= 11 is 4.99. The van der Waals surface area contributed by atoms with Gasteiger partial charge in [0.1, 0.15) is 12.3 Å². The average molecular weight is 353 g/mol. The highest BCUT2D eigenvalue weighted by atomic mass is 32.1. The molecule has 4 aromatic rings. The van der Waals surface area contributed by atoms with Crippen LogP contribution in [0.25, 0.3) is 21.8 Å². The normalized spacial score (nSPS) is 11.4. The number of hydrogen-bond donors (Lipinski definition) is 1. The average Bonchev–Trinajstić information content (AvgIpc) is 3.18. The highest BCUT2D eigenvalue weighted by Gasteiger charge is 2.15. The number of benzene rings is 2. The Morgan fingerprint density at radius 1 is 1.16 bits per heavy atom. The van der Waals surface area contributed by atoms with Crippen molar-refractivity contribution in [3.63, 3.8) is 0 Å². The van der Waals surface area contributed by atoms with Gasteiger partial charge in [-0.15, -0.1) is 5.10 Å². The van der Waals surface area contributed by atoms with Crippen molar-refractivity contribution in [1.82, 2.24) is 14.8 Å². The summed E-state index contributed by atoms with van der Waals surface area (Å²) in [6.45, 7) is 3.40. The molecule has 0 saturated heterocycles. The number of para-hydroxylation sites is 1. The highest BCUT2D eigenvalue weighted by Crippen LogP contribution is 2.36. The molecular weight excluding hydrogens is 334 g/mol. The van der Waals surface area contributed by atoms with Gasteiger partial charge >= 0.3 is 0 Å². The quantitative estimate of drug-likeness (QED) is 0.388. The molecule has 2 aromatic heterocycles. The van der Waals surface area contributed by atoms with Crippen LogP contribution in [0.1, 0.15) is 25.7 Å². The van der Waals surface area contributed by atoms with E-state index in [2.05, 4.69) is 46.0 Å². The lowest BCUT2D eigenvalue weighted by Crippen LogP contribution is -2.00. The van der Waals surface area contributed by atoms with Crippen molar-refractivity contribution in [2.75, 3.05) is 6.61 Å². The fraction of sp³-hybridized carbons (Fsp3) is 0.263. The number of H-pyrrole nitrogens is 1. The summed E-state index contributed by atoms with van der Waals surface area (Å²) in [6, 6.07) is 14.5. The standard InChI is InChI=1S/C19H19N3O2S/c1-2-3-11-23-16-10-6-9-15-18(16)13-7-4-5-8-14(13)22(15)12-17-20-21-19(25)24-17/h4-10H,2-3,11-12H2,1H3,(H,21,25). The zero-order valence-corrected chi connectivity index (χ0v) is 14.8. The van der Waals surface area contributed by atoms with Gasteiger partial charge < -0.3 is 13.7 Å². The van der Waals surface area contributed by atoms with Gasteiger partial charge in [-0.3, -0.25) is 0 Å². The van der Waals surface area contributed by atoms with Crippen molar-refractivity contribution >= 4 is 34.0 Å². The first-order valence-electron chi connectivity index (χ1n) is 8.45. The monoisotopic (exact) mass is 353 g/mol. The van der Waals surface area contributed by atoms with Crippen LogP contribution in [0.3, 0.4) is 0 Å². The summed E-state index contributed by atoms with van der Waals surface area (Å²) in [4.78, 5) is 0.291. The molecule has 0 unspecified atom stereocenters. The first-order chi connectivity index (χ1) is 12.3. The molecular formula is C19H19N3O2S. The number of rotatable bonds is 6. The van der Waals surface area contributed by atoms with E-state index in [1.165, 1.54) is 5.39 Å². The molecule has 0 aliphatic carbocycles. The number of hydrogen-bond acceptors (Lipinski definition) is 4. The predicted octanol–water partition coefficient (Wildman–Crippen LogP) is 5.07.